The van der Waals surface area contributed by atoms with Gasteiger partial charge in [-0.25, -0.2) is 4.98 Å². The summed E-state index contributed by atoms with van der Waals surface area (Å²) in [6.45, 7) is 10.8. The third-order valence-electron chi connectivity index (χ3n) is 5.61. The first-order valence-corrected chi connectivity index (χ1v) is 10.1. The number of carbonyl (C=O) groups is 1. The largest absolute Gasteiger partial charge is 0.508 e. The van der Waals surface area contributed by atoms with Crippen molar-refractivity contribution in [1.29, 1.82) is 0 Å². The van der Waals surface area contributed by atoms with E-state index >= 15 is 0 Å². The van der Waals surface area contributed by atoms with Crippen LogP contribution in [0.5, 0.6) is 5.75 Å². The zero-order valence-corrected chi connectivity index (χ0v) is 17.3. The Kier molecular flexibility index (Phi) is 6.35. The van der Waals surface area contributed by atoms with Gasteiger partial charge in [-0.15, -0.1) is 0 Å². The Bertz CT molecular complexity index is 840. The van der Waals surface area contributed by atoms with Crippen LogP contribution in [-0.2, 0) is 11.3 Å². The highest BCUT2D eigenvalue weighted by molar-refractivity contribution is 5.91. The van der Waals surface area contributed by atoms with Gasteiger partial charge in [-0.3, -0.25) is 9.69 Å². The molecule has 1 aliphatic rings. The van der Waals surface area contributed by atoms with Crippen molar-refractivity contribution in [3.63, 3.8) is 0 Å². The van der Waals surface area contributed by atoms with E-state index in [0.29, 0.717) is 17.5 Å². The molecule has 150 valence electrons. The standard InChI is InChI=1S/C23H31N3O2/c1-15(2)20-13-19(21(27)12-17(20)4)14-26-9-6-18(7-10-26)23(28)25-22-11-16(3)5-8-24-22/h5,8,11-13,15,18,27H,6-7,9-10,14H2,1-4H3,(H,24,25,28). The molecular formula is C23H31N3O2. The van der Waals surface area contributed by atoms with Crippen molar-refractivity contribution < 1.29 is 9.90 Å². The average molecular weight is 382 g/mol. The average Bonchev–Trinajstić information content (AvgIpc) is 2.64. The van der Waals surface area contributed by atoms with Crippen molar-refractivity contribution in [2.45, 2.75) is 53.0 Å². The van der Waals surface area contributed by atoms with E-state index in [2.05, 4.69) is 35.1 Å². The zero-order chi connectivity index (χ0) is 20.3. The van der Waals surface area contributed by atoms with Crippen LogP contribution < -0.4 is 5.32 Å². The number of piperidine rings is 1. The molecule has 1 aromatic heterocycles. The molecule has 2 aromatic rings. The van der Waals surface area contributed by atoms with Crippen molar-refractivity contribution in [2.75, 3.05) is 18.4 Å². The third kappa shape index (κ3) is 4.90. The van der Waals surface area contributed by atoms with Crippen LogP contribution in [0, 0.1) is 19.8 Å². The Balaban J connectivity index is 1.57. The number of nitrogens with zero attached hydrogens (tertiary/aromatic N) is 2. The van der Waals surface area contributed by atoms with Gasteiger partial charge >= 0.3 is 0 Å². The van der Waals surface area contributed by atoms with Gasteiger partial charge < -0.3 is 10.4 Å². The number of phenols is 1. The van der Waals surface area contributed by atoms with E-state index in [0.717, 1.165) is 49.2 Å². The maximum Gasteiger partial charge on any atom is 0.228 e. The van der Waals surface area contributed by atoms with Gasteiger partial charge in [-0.1, -0.05) is 19.9 Å². The molecule has 1 fully saturated rings. The van der Waals surface area contributed by atoms with Crippen molar-refractivity contribution in [3.8, 4) is 5.75 Å². The first kappa shape index (κ1) is 20.3. The van der Waals surface area contributed by atoms with E-state index in [1.54, 1.807) is 6.20 Å². The first-order chi connectivity index (χ1) is 13.3. The van der Waals surface area contributed by atoms with Gasteiger partial charge in [-0.05, 0) is 80.6 Å². The number of nitrogens with one attached hydrogen (secondary N) is 1. The predicted octanol–water partition coefficient (Wildman–Crippen LogP) is 4.38. The summed E-state index contributed by atoms with van der Waals surface area (Å²) in [5.74, 6) is 1.49. The van der Waals surface area contributed by atoms with Gasteiger partial charge in [0.2, 0.25) is 5.91 Å². The van der Waals surface area contributed by atoms with Crippen LogP contribution in [0.4, 0.5) is 5.82 Å². The monoisotopic (exact) mass is 381 g/mol. The molecule has 2 heterocycles. The summed E-state index contributed by atoms with van der Waals surface area (Å²) >= 11 is 0. The number of anilines is 1. The summed E-state index contributed by atoms with van der Waals surface area (Å²) in [4.78, 5) is 19.1. The number of pyridine rings is 1. The van der Waals surface area contributed by atoms with Crippen molar-refractivity contribution in [1.82, 2.24) is 9.88 Å². The Morgan fingerprint density at radius 2 is 1.96 bits per heavy atom. The van der Waals surface area contributed by atoms with Gasteiger partial charge in [0.15, 0.2) is 0 Å². The van der Waals surface area contributed by atoms with Crippen LogP contribution in [0.25, 0.3) is 0 Å². The fraction of sp³-hybridized carbons (Fsp3) is 0.478. The fourth-order valence-electron chi connectivity index (χ4n) is 3.93. The minimum absolute atomic E-state index is 0.0106. The summed E-state index contributed by atoms with van der Waals surface area (Å²) < 4.78 is 0. The van der Waals surface area contributed by atoms with E-state index in [9.17, 15) is 9.90 Å². The van der Waals surface area contributed by atoms with E-state index in [-0.39, 0.29) is 11.8 Å². The quantitative estimate of drug-likeness (QED) is 0.807. The molecule has 3 rings (SSSR count). The lowest BCUT2D eigenvalue weighted by molar-refractivity contribution is -0.121. The predicted molar refractivity (Wildman–Crippen MR) is 113 cm³/mol. The number of likely N-dealkylation sites (tertiary alicyclic amines) is 1. The molecule has 5 nitrogen and oxygen atoms in total. The second kappa shape index (κ2) is 8.74. The molecule has 0 spiro atoms. The highest BCUT2D eigenvalue weighted by Gasteiger charge is 2.26. The van der Waals surface area contributed by atoms with Gasteiger partial charge in [-0.2, -0.15) is 0 Å². The zero-order valence-electron chi connectivity index (χ0n) is 17.3. The fourth-order valence-corrected chi connectivity index (χ4v) is 3.93. The van der Waals surface area contributed by atoms with E-state index < -0.39 is 0 Å². The normalized spacial score (nSPS) is 15.8. The maximum absolute atomic E-state index is 12.5. The number of aryl methyl sites for hydroxylation is 2. The number of aromatic nitrogens is 1. The minimum Gasteiger partial charge on any atom is -0.508 e. The van der Waals surface area contributed by atoms with Gasteiger partial charge in [0.05, 0.1) is 0 Å². The summed E-state index contributed by atoms with van der Waals surface area (Å²) in [6.07, 6.45) is 3.36. The number of hydrogen-bond acceptors (Lipinski definition) is 4. The Labute approximate surface area is 167 Å². The van der Waals surface area contributed by atoms with Gasteiger partial charge in [0, 0.05) is 24.2 Å². The maximum atomic E-state index is 12.5. The SMILES string of the molecule is Cc1ccnc(NC(=O)C2CCN(Cc3cc(C(C)C)c(C)cc3O)CC2)c1. The van der Waals surface area contributed by atoms with Crippen LogP contribution in [0.2, 0.25) is 0 Å². The number of carbonyl (C=O) groups excluding carboxylic acids is 1. The highest BCUT2D eigenvalue weighted by atomic mass is 16.3. The van der Waals surface area contributed by atoms with Crippen LogP contribution in [-0.4, -0.2) is 34.0 Å². The lowest BCUT2D eigenvalue weighted by atomic mass is 9.93. The molecule has 1 saturated heterocycles. The Morgan fingerprint density at radius 3 is 2.61 bits per heavy atom. The molecule has 0 saturated carbocycles. The molecule has 0 radical (unpaired) electrons. The van der Waals surface area contributed by atoms with Crippen LogP contribution in [0.3, 0.4) is 0 Å². The Hall–Kier alpha value is -2.40. The number of aromatic hydroxyl groups is 1. The van der Waals surface area contributed by atoms with Gasteiger partial charge in [0.1, 0.15) is 11.6 Å². The first-order valence-electron chi connectivity index (χ1n) is 10.1. The Morgan fingerprint density at radius 1 is 1.25 bits per heavy atom. The lowest BCUT2D eigenvalue weighted by Gasteiger charge is -2.31. The van der Waals surface area contributed by atoms with Crippen LogP contribution in [0.15, 0.2) is 30.5 Å². The summed E-state index contributed by atoms with van der Waals surface area (Å²) in [7, 11) is 0. The molecule has 2 N–H and O–H groups in total. The van der Waals surface area contributed by atoms with E-state index in [1.807, 2.05) is 32.0 Å². The number of hydrogen-bond donors (Lipinski definition) is 2. The molecule has 28 heavy (non-hydrogen) atoms. The second-order valence-corrected chi connectivity index (χ2v) is 8.25. The molecule has 0 bridgehead atoms. The molecule has 0 atom stereocenters. The van der Waals surface area contributed by atoms with Crippen molar-refractivity contribution in [2.24, 2.45) is 5.92 Å². The molecule has 0 unspecified atom stereocenters. The minimum atomic E-state index is 0.0106. The van der Waals surface area contributed by atoms with Crippen molar-refractivity contribution >= 4 is 11.7 Å². The van der Waals surface area contributed by atoms with E-state index in [4.69, 9.17) is 0 Å². The van der Waals surface area contributed by atoms with Crippen molar-refractivity contribution in [3.05, 3.63) is 52.7 Å². The second-order valence-electron chi connectivity index (χ2n) is 8.25. The topological polar surface area (TPSA) is 65.5 Å². The number of rotatable bonds is 5. The summed E-state index contributed by atoms with van der Waals surface area (Å²) in [5.41, 5.74) is 4.48. The number of phenolic OH excluding ortho intramolecular Hbond substituents is 1. The molecule has 1 aliphatic heterocycles. The highest BCUT2D eigenvalue weighted by Crippen LogP contribution is 2.29. The summed E-state index contributed by atoms with van der Waals surface area (Å²) in [6, 6.07) is 7.82. The molecule has 0 aliphatic carbocycles. The van der Waals surface area contributed by atoms with Gasteiger partial charge in [0.25, 0.3) is 0 Å². The molecule has 1 amide bonds. The van der Waals surface area contributed by atoms with E-state index in [1.165, 1.54) is 5.56 Å². The van der Waals surface area contributed by atoms with Crippen LogP contribution in [0.1, 0.15) is 54.9 Å². The number of amides is 1. The smallest absolute Gasteiger partial charge is 0.228 e. The third-order valence-corrected chi connectivity index (χ3v) is 5.61. The van der Waals surface area contributed by atoms with Crippen LogP contribution >= 0.6 is 0 Å². The summed E-state index contributed by atoms with van der Waals surface area (Å²) in [5, 5.41) is 13.3. The lowest BCUT2D eigenvalue weighted by Crippen LogP contribution is -2.37. The number of benzene rings is 1. The molecule has 5 heteroatoms. The molecule has 1 aromatic carbocycles. The molecular weight excluding hydrogens is 350 g/mol.